The normalized spacial score (nSPS) is 14.4. The summed E-state index contributed by atoms with van der Waals surface area (Å²) in [4.78, 5) is 4.72. The van der Waals surface area contributed by atoms with Crippen LogP contribution in [0.2, 0.25) is 0 Å². The molecule has 20 heavy (non-hydrogen) atoms. The summed E-state index contributed by atoms with van der Waals surface area (Å²) in [5, 5.41) is -0.115. The van der Waals surface area contributed by atoms with Crippen LogP contribution in [0.1, 0.15) is 57.3 Å². The van der Waals surface area contributed by atoms with E-state index in [0.717, 1.165) is 29.0 Å². The molecule has 1 aromatic heterocycles. The van der Waals surface area contributed by atoms with Gasteiger partial charge in [0.1, 0.15) is 17.1 Å². The number of hydrogen-bond donors (Lipinski definition) is 0. The summed E-state index contributed by atoms with van der Waals surface area (Å²) in [5.41, 5.74) is 2.01. The van der Waals surface area contributed by atoms with E-state index in [1.54, 1.807) is 7.11 Å². The van der Waals surface area contributed by atoms with Crippen LogP contribution in [-0.4, -0.2) is 16.7 Å². The SMILES string of the molecule is CCCCC(C)n1c(C(C)Cl)nc2c(OC)cccc21. The van der Waals surface area contributed by atoms with Gasteiger partial charge in [-0.15, -0.1) is 11.6 Å². The number of hydrogen-bond acceptors (Lipinski definition) is 2. The molecule has 2 rings (SSSR count). The number of fused-ring (bicyclic) bond motifs is 1. The van der Waals surface area contributed by atoms with Crippen molar-refractivity contribution in [2.75, 3.05) is 7.11 Å². The quantitative estimate of drug-likeness (QED) is 0.693. The Bertz CT molecular complexity index is 577. The van der Waals surface area contributed by atoms with Crippen LogP contribution in [0.5, 0.6) is 5.75 Å². The Balaban J connectivity index is 2.57. The first kappa shape index (κ1) is 15.2. The van der Waals surface area contributed by atoms with Crippen LogP contribution < -0.4 is 4.74 Å². The summed E-state index contributed by atoms with van der Waals surface area (Å²) < 4.78 is 7.69. The van der Waals surface area contributed by atoms with Gasteiger partial charge < -0.3 is 9.30 Å². The fourth-order valence-corrected chi connectivity index (χ4v) is 2.80. The van der Waals surface area contributed by atoms with Gasteiger partial charge in [-0.2, -0.15) is 0 Å². The molecule has 110 valence electrons. The van der Waals surface area contributed by atoms with Gasteiger partial charge in [-0.3, -0.25) is 0 Å². The minimum atomic E-state index is -0.115. The Kier molecular flexibility index (Phi) is 4.92. The van der Waals surface area contributed by atoms with Crippen molar-refractivity contribution in [1.82, 2.24) is 9.55 Å². The topological polar surface area (TPSA) is 27.1 Å². The summed E-state index contributed by atoms with van der Waals surface area (Å²) in [6.07, 6.45) is 3.54. The standard InChI is InChI=1S/C16H23ClN2O/c1-5-6-8-11(2)19-13-9-7-10-14(20-4)15(13)18-16(19)12(3)17/h7,9-12H,5-6,8H2,1-4H3. The molecule has 0 aliphatic rings. The molecule has 4 heteroatoms. The maximum Gasteiger partial charge on any atom is 0.146 e. The summed E-state index contributed by atoms with van der Waals surface area (Å²) in [7, 11) is 1.68. The second-order valence-electron chi connectivity index (χ2n) is 5.28. The Morgan fingerprint density at radius 3 is 2.70 bits per heavy atom. The van der Waals surface area contributed by atoms with Crippen LogP contribution in [-0.2, 0) is 0 Å². The molecule has 0 aliphatic carbocycles. The maximum atomic E-state index is 6.33. The molecule has 1 heterocycles. The van der Waals surface area contributed by atoms with E-state index in [1.165, 1.54) is 12.8 Å². The lowest BCUT2D eigenvalue weighted by Gasteiger charge is -2.18. The average molecular weight is 295 g/mol. The second kappa shape index (κ2) is 6.49. The lowest BCUT2D eigenvalue weighted by molar-refractivity contribution is 0.419. The third-order valence-corrected chi connectivity index (χ3v) is 3.90. The van der Waals surface area contributed by atoms with Gasteiger partial charge in [0.05, 0.1) is 18.0 Å². The number of ether oxygens (including phenoxy) is 1. The predicted octanol–water partition coefficient (Wildman–Crippen LogP) is 5.10. The molecule has 0 spiro atoms. The molecule has 2 atom stereocenters. The third kappa shape index (κ3) is 2.78. The lowest BCUT2D eigenvalue weighted by Crippen LogP contribution is -2.10. The van der Waals surface area contributed by atoms with Gasteiger partial charge in [0.15, 0.2) is 0 Å². The van der Waals surface area contributed by atoms with Crippen LogP contribution in [0, 0.1) is 0 Å². The van der Waals surface area contributed by atoms with Crippen LogP contribution in [0.15, 0.2) is 18.2 Å². The fourth-order valence-electron chi connectivity index (χ4n) is 2.65. The summed E-state index contributed by atoms with van der Waals surface area (Å²) in [6, 6.07) is 6.44. The Labute approximate surface area is 125 Å². The lowest BCUT2D eigenvalue weighted by atomic mass is 10.1. The fraction of sp³-hybridized carbons (Fsp3) is 0.562. The van der Waals surface area contributed by atoms with Crippen molar-refractivity contribution >= 4 is 22.6 Å². The van der Waals surface area contributed by atoms with Crippen LogP contribution in [0.25, 0.3) is 11.0 Å². The zero-order valence-corrected chi connectivity index (χ0v) is 13.4. The molecule has 3 nitrogen and oxygen atoms in total. The van der Waals surface area contributed by atoms with Crippen molar-refractivity contribution in [3.8, 4) is 5.75 Å². The number of halogens is 1. The van der Waals surface area contributed by atoms with E-state index in [4.69, 9.17) is 21.3 Å². The van der Waals surface area contributed by atoms with Crippen LogP contribution in [0.4, 0.5) is 0 Å². The first-order chi connectivity index (χ1) is 9.60. The van der Waals surface area contributed by atoms with Crippen molar-refractivity contribution in [2.24, 2.45) is 0 Å². The minimum absolute atomic E-state index is 0.115. The zero-order chi connectivity index (χ0) is 14.7. The zero-order valence-electron chi connectivity index (χ0n) is 12.7. The van der Waals surface area contributed by atoms with Gasteiger partial charge in [-0.25, -0.2) is 4.98 Å². The number of nitrogens with zero attached hydrogens (tertiary/aromatic N) is 2. The van der Waals surface area contributed by atoms with Crippen molar-refractivity contribution in [1.29, 1.82) is 0 Å². The Morgan fingerprint density at radius 1 is 1.35 bits per heavy atom. The van der Waals surface area contributed by atoms with Crippen LogP contribution >= 0.6 is 11.6 Å². The van der Waals surface area contributed by atoms with Gasteiger partial charge in [-0.1, -0.05) is 25.8 Å². The van der Waals surface area contributed by atoms with E-state index in [2.05, 4.69) is 24.5 Å². The highest BCUT2D eigenvalue weighted by molar-refractivity contribution is 6.20. The smallest absolute Gasteiger partial charge is 0.146 e. The van der Waals surface area contributed by atoms with E-state index in [9.17, 15) is 0 Å². The predicted molar refractivity (Wildman–Crippen MR) is 84.8 cm³/mol. The maximum absolute atomic E-state index is 6.33. The third-order valence-electron chi connectivity index (χ3n) is 3.70. The number of alkyl halides is 1. The van der Waals surface area contributed by atoms with Gasteiger partial charge in [-0.05, 0) is 32.4 Å². The molecular weight excluding hydrogens is 272 g/mol. The van der Waals surface area contributed by atoms with Crippen molar-refractivity contribution < 1.29 is 4.74 Å². The molecule has 0 saturated carbocycles. The summed E-state index contributed by atoms with van der Waals surface area (Å²) in [6.45, 7) is 6.42. The number of rotatable bonds is 6. The number of methoxy groups -OCH3 is 1. The minimum Gasteiger partial charge on any atom is -0.494 e. The highest BCUT2D eigenvalue weighted by Gasteiger charge is 2.20. The van der Waals surface area contributed by atoms with E-state index in [1.807, 2.05) is 19.1 Å². The first-order valence-electron chi connectivity index (χ1n) is 7.29. The van der Waals surface area contributed by atoms with E-state index in [-0.39, 0.29) is 5.38 Å². The summed E-state index contributed by atoms with van der Waals surface area (Å²) >= 11 is 6.33. The molecule has 0 amide bonds. The summed E-state index contributed by atoms with van der Waals surface area (Å²) in [5.74, 6) is 1.73. The van der Waals surface area contributed by atoms with E-state index < -0.39 is 0 Å². The van der Waals surface area contributed by atoms with Gasteiger partial charge in [0.25, 0.3) is 0 Å². The Morgan fingerprint density at radius 2 is 2.10 bits per heavy atom. The molecule has 0 N–H and O–H groups in total. The second-order valence-corrected chi connectivity index (χ2v) is 5.93. The van der Waals surface area contributed by atoms with Gasteiger partial charge in [0.2, 0.25) is 0 Å². The Hall–Kier alpha value is -1.22. The highest BCUT2D eigenvalue weighted by Crippen LogP contribution is 2.33. The number of unbranched alkanes of at least 4 members (excludes halogenated alkanes) is 1. The number of para-hydroxylation sites is 1. The van der Waals surface area contributed by atoms with Gasteiger partial charge in [0, 0.05) is 6.04 Å². The molecule has 1 aromatic carbocycles. The molecular formula is C16H23ClN2O. The molecule has 0 bridgehead atoms. The van der Waals surface area contributed by atoms with Crippen molar-refractivity contribution in [3.63, 3.8) is 0 Å². The highest BCUT2D eigenvalue weighted by atomic mass is 35.5. The van der Waals surface area contributed by atoms with Gasteiger partial charge >= 0.3 is 0 Å². The number of imidazole rings is 1. The molecule has 2 unspecified atom stereocenters. The van der Waals surface area contributed by atoms with E-state index in [0.29, 0.717) is 6.04 Å². The van der Waals surface area contributed by atoms with Crippen molar-refractivity contribution in [2.45, 2.75) is 51.5 Å². The first-order valence-corrected chi connectivity index (χ1v) is 7.72. The number of benzene rings is 1. The largest absolute Gasteiger partial charge is 0.494 e. The monoisotopic (exact) mass is 294 g/mol. The molecule has 2 aromatic rings. The van der Waals surface area contributed by atoms with Crippen molar-refractivity contribution in [3.05, 3.63) is 24.0 Å². The molecule has 0 aliphatic heterocycles. The number of aromatic nitrogens is 2. The molecule has 0 fully saturated rings. The average Bonchev–Trinajstić information content (AvgIpc) is 2.84. The molecule has 0 radical (unpaired) electrons. The molecule has 0 saturated heterocycles. The van der Waals surface area contributed by atoms with E-state index >= 15 is 0 Å². The van der Waals surface area contributed by atoms with Crippen LogP contribution in [0.3, 0.4) is 0 Å².